The molecule has 1 aliphatic heterocycles. The summed E-state index contributed by atoms with van der Waals surface area (Å²) < 4.78 is 2.05. The number of nitrogens with one attached hydrogen (secondary N) is 2. The Morgan fingerprint density at radius 1 is 1.23 bits per heavy atom. The molecule has 1 unspecified atom stereocenters. The lowest BCUT2D eigenvalue weighted by Crippen LogP contribution is -2.47. The molecule has 4 heterocycles. The van der Waals surface area contributed by atoms with Gasteiger partial charge in [-0.25, -0.2) is 24.9 Å². The number of nitrogens with zero attached hydrogens (tertiary/aromatic N) is 7. The van der Waals surface area contributed by atoms with Crippen LogP contribution in [0.1, 0.15) is 32.0 Å². The van der Waals surface area contributed by atoms with Gasteiger partial charge in [-0.2, -0.15) is 0 Å². The van der Waals surface area contributed by atoms with Crippen LogP contribution < -0.4 is 10.6 Å². The number of likely N-dealkylation sites (N-methyl/N-ethyl adjacent to an activating group) is 1. The van der Waals surface area contributed by atoms with E-state index in [1.165, 1.54) is 0 Å². The van der Waals surface area contributed by atoms with Crippen molar-refractivity contribution in [2.45, 2.75) is 51.2 Å². The Morgan fingerprint density at radius 2 is 2.00 bits per heavy atom. The van der Waals surface area contributed by atoms with Crippen molar-refractivity contribution in [2.75, 3.05) is 25.5 Å². The van der Waals surface area contributed by atoms with Crippen molar-refractivity contribution >= 4 is 22.9 Å². The molecule has 31 heavy (non-hydrogen) atoms. The zero-order valence-electron chi connectivity index (χ0n) is 18.1. The number of rotatable bonds is 6. The number of amides is 1. The van der Waals surface area contributed by atoms with Crippen LogP contribution in [0.15, 0.2) is 18.7 Å². The summed E-state index contributed by atoms with van der Waals surface area (Å²) in [5, 5.41) is 6.71. The minimum Gasteiger partial charge on any atom is -0.364 e. The Bertz CT molecular complexity index is 1120. The van der Waals surface area contributed by atoms with E-state index < -0.39 is 0 Å². The topological polar surface area (TPSA) is 114 Å². The minimum absolute atomic E-state index is 0.132. The molecule has 1 saturated carbocycles. The van der Waals surface area contributed by atoms with Crippen molar-refractivity contribution in [3.63, 3.8) is 0 Å². The summed E-state index contributed by atoms with van der Waals surface area (Å²) in [6, 6.07) is 0.132. The van der Waals surface area contributed by atoms with Gasteiger partial charge in [-0.15, -0.1) is 0 Å². The molecule has 10 heteroatoms. The maximum atomic E-state index is 12.8. The molecule has 0 radical (unpaired) electrons. The highest BCUT2D eigenvalue weighted by Gasteiger charge is 2.51. The molecule has 0 spiro atoms. The van der Waals surface area contributed by atoms with Crippen LogP contribution in [0.5, 0.6) is 0 Å². The molecule has 1 aliphatic carbocycles. The molecule has 0 bridgehead atoms. The van der Waals surface area contributed by atoms with Crippen molar-refractivity contribution in [1.82, 2.24) is 39.7 Å². The van der Waals surface area contributed by atoms with Gasteiger partial charge in [0.05, 0.1) is 11.1 Å². The van der Waals surface area contributed by atoms with Crippen LogP contribution in [0.3, 0.4) is 0 Å². The van der Waals surface area contributed by atoms with E-state index in [2.05, 4.69) is 37.5 Å². The van der Waals surface area contributed by atoms with Crippen LogP contribution in [-0.2, 0) is 11.3 Å². The van der Waals surface area contributed by atoms with Crippen molar-refractivity contribution in [3.05, 3.63) is 24.5 Å². The average molecular weight is 422 g/mol. The second kappa shape index (κ2) is 7.52. The van der Waals surface area contributed by atoms with Crippen molar-refractivity contribution in [3.8, 4) is 11.4 Å². The molecule has 2 N–H and O–H groups in total. The fraction of sp³-hybridized carbons (Fsp3) is 0.524. The Hall–Kier alpha value is -3.14. The van der Waals surface area contributed by atoms with Gasteiger partial charge in [-0.3, -0.25) is 4.79 Å². The van der Waals surface area contributed by atoms with Gasteiger partial charge in [0.2, 0.25) is 5.91 Å². The first kappa shape index (κ1) is 19.8. The van der Waals surface area contributed by atoms with Crippen LogP contribution in [0.4, 0.5) is 5.82 Å². The first-order valence-electron chi connectivity index (χ1n) is 10.8. The molecule has 2 fully saturated rings. The lowest BCUT2D eigenvalue weighted by atomic mass is 10.2. The third-order valence-electron chi connectivity index (χ3n) is 6.34. The largest absolute Gasteiger partial charge is 0.364 e. The third kappa shape index (κ3) is 3.40. The Kier molecular flexibility index (Phi) is 4.81. The molecule has 1 amide bonds. The quantitative estimate of drug-likeness (QED) is 0.614. The number of likely N-dealkylation sites (tertiary alicyclic amines) is 1. The molecular weight excluding hydrogens is 394 g/mol. The maximum absolute atomic E-state index is 12.8. The van der Waals surface area contributed by atoms with Gasteiger partial charge in [-0.05, 0) is 40.2 Å². The number of aryl methyl sites for hydroxylation is 2. The molecule has 10 nitrogen and oxygen atoms in total. The Balaban J connectivity index is 1.41. The van der Waals surface area contributed by atoms with Crippen LogP contribution >= 0.6 is 0 Å². The molecule has 1 saturated heterocycles. The van der Waals surface area contributed by atoms with E-state index in [-0.39, 0.29) is 17.5 Å². The number of fused-ring (bicyclic) bond motifs is 1. The molecule has 3 aromatic rings. The van der Waals surface area contributed by atoms with E-state index >= 15 is 0 Å². The van der Waals surface area contributed by atoms with Crippen LogP contribution in [-0.4, -0.2) is 72.0 Å². The van der Waals surface area contributed by atoms with Crippen LogP contribution in [0.25, 0.3) is 22.6 Å². The van der Waals surface area contributed by atoms with E-state index in [9.17, 15) is 4.79 Å². The predicted molar refractivity (Wildman–Crippen MR) is 116 cm³/mol. The van der Waals surface area contributed by atoms with Crippen LogP contribution in [0.2, 0.25) is 0 Å². The summed E-state index contributed by atoms with van der Waals surface area (Å²) in [6.07, 6.45) is 7.85. The summed E-state index contributed by atoms with van der Waals surface area (Å²) in [7, 11) is 1.87. The highest BCUT2D eigenvalue weighted by atomic mass is 16.2. The lowest BCUT2D eigenvalue weighted by Gasteiger charge is -2.23. The van der Waals surface area contributed by atoms with E-state index in [0.29, 0.717) is 18.9 Å². The molecular formula is C21H27N9O. The normalized spacial score (nSPS) is 19.7. The molecule has 2 aliphatic rings. The summed E-state index contributed by atoms with van der Waals surface area (Å²) in [5.74, 6) is 2.40. The van der Waals surface area contributed by atoms with E-state index in [4.69, 9.17) is 4.98 Å². The first-order valence-corrected chi connectivity index (χ1v) is 10.8. The highest BCUT2D eigenvalue weighted by Crippen LogP contribution is 2.37. The lowest BCUT2D eigenvalue weighted by molar-refractivity contribution is -0.133. The summed E-state index contributed by atoms with van der Waals surface area (Å²) in [4.78, 5) is 37.2. The van der Waals surface area contributed by atoms with Gasteiger partial charge in [0.15, 0.2) is 17.0 Å². The highest BCUT2D eigenvalue weighted by molar-refractivity contribution is 5.90. The van der Waals surface area contributed by atoms with Crippen molar-refractivity contribution in [2.24, 2.45) is 0 Å². The SMILES string of the molecule is CCn1c(-c2cnc(C)nc2)nc2c(NC3CCN(C(=O)C4(NC)CC4)C3)ncnc21. The Morgan fingerprint density at radius 3 is 2.68 bits per heavy atom. The number of imidazole rings is 1. The average Bonchev–Trinajstić information content (AvgIpc) is 3.29. The summed E-state index contributed by atoms with van der Waals surface area (Å²) in [6.45, 7) is 6.06. The van der Waals surface area contributed by atoms with Crippen LogP contribution in [0, 0.1) is 6.92 Å². The van der Waals surface area contributed by atoms with E-state index in [1.54, 1.807) is 18.7 Å². The van der Waals surface area contributed by atoms with Crippen molar-refractivity contribution in [1.29, 1.82) is 0 Å². The number of hydrogen-bond donors (Lipinski definition) is 2. The smallest absolute Gasteiger partial charge is 0.242 e. The van der Waals surface area contributed by atoms with Gasteiger partial charge in [0, 0.05) is 38.1 Å². The fourth-order valence-corrected chi connectivity index (χ4v) is 4.32. The van der Waals surface area contributed by atoms with Gasteiger partial charge < -0.3 is 20.1 Å². The zero-order valence-corrected chi connectivity index (χ0v) is 18.1. The minimum atomic E-state index is -0.331. The second-order valence-electron chi connectivity index (χ2n) is 8.31. The van der Waals surface area contributed by atoms with Gasteiger partial charge >= 0.3 is 0 Å². The molecule has 5 rings (SSSR count). The fourth-order valence-electron chi connectivity index (χ4n) is 4.32. The van der Waals surface area contributed by atoms with Crippen molar-refractivity contribution < 1.29 is 4.79 Å². The van der Waals surface area contributed by atoms with Gasteiger partial charge in [-0.1, -0.05) is 0 Å². The molecule has 162 valence electrons. The van der Waals surface area contributed by atoms with E-state index in [0.717, 1.165) is 54.2 Å². The van der Waals surface area contributed by atoms with E-state index in [1.807, 2.05) is 23.4 Å². The zero-order chi connectivity index (χ0) is 21.6. The number of hydrogen-bond acceptors (Lipinski definition) is 8. The number of carbonyl (C=O) groups excluding carboxylic acids is 1. The number of aromatic nitrogens is 6. The standard InChI is InChI=1S/C21H27N9O/c1-4-30-18(14-9-23-13(2)24-10-14)28-16-17(25-12-26-19(16)30)27-15-5-8-29(11-15)20(31)21(22-3)6-7-21/h9-10,12,15,22H,4-8,11H2,1-3H3,(H,25,26,27). The number of anilines is 1. The maximum Gasteiger partial charge on any atom is 0.242 e. The molecule has 0 aromatic carbocycles. The molecule has 3 aromatic heterocycles. The predicted octanol–water partition coefficient (Wildman–Crippen LogP) is 1.38. The molecule has 1 atom stereocenters. The van der Waals surface area contributed by atoms with Gasteiger partial charge in [0.1, 0.15) is 18.0 Å². The van der Waals surface area contributed by atoms with Gasteiger partial charge in [0.25, 0.3) is 0 Å². The summed E-state index contributed by atoms with van der Waals surface area (Å²) >= 11 is 0. The number of carbonyl (C=O) groups is 1. The Labute approximate surface area is 180 Å². The first-order chi connectivity index (χ1) is 15.0. The second-order valence-corrected chi connectivity index (χ2v) is 8.31. The summed E-state index contributed by atoms with van der Waals surface area (Å²) in [5.41, 5.74) is 2.00. The third-order valence-corrected chi connectivity index (χ3v) is 6.34. The monoisotopic (exact) mass is 421 g/mol.